The number of thiophene rings is 1. The number of carbonyl (C=O) groups is 1. The van der Waals surface area contributed by atoms with Crippen molar-refractivity contribution in [2.45, 2.75) is 26.3 Å². The molecule has 1 amide bonds. The fourth-order valence-electron chi connectivity index (χ4n) is 2.83. The van der Waals surface area contributed by atoms with Crippen molar-refractivity contribution in [3.8, 4) is 0 Å². The van der Waals surface area contributed by atoms with E-state index in [9.17, 15) is 9.59 Å². The van der Waals surface area contributed by atoms with E-state index in [0.717, 1.165) is 31.5 Å². The summed E-state index contributed by atoms with van der Waals surface area (Å²) >= 11 is 1.33. The Morgan fingerprint density at radius 2 is 2.05 bits per heavy atom. The van der Waals surface area contributed by atoms with Crippen molar-refractivity contribution in [1.29, 1.82) is 0 Å². The molecular formula is C15H20N4O2S. The molecule has 1 aliphatic rings. The second kappa shape index (κ2) is 5.81. The normalized spacial score (nSPS) is 15.2. The number of hydrogen-bond donors (Lipinski definition) is 1. The first-order chi connectivity index (χ1) is 10.5. The topological polar surface area (TPSA) is 69.3 Å². The summed E-state index contributed by atoms with van der Waals surface area (Å²) in [5.41, 5.74) is 0.595. The molecule has 1 N–H and O–H groups in total. The van der Waals surface area contributed by atoms with Gasteiger partial charge in [0.05, 0.1) is 16.8 Å². The number of hydrogen-bond acceptors (Lipinski definition) is 5. The van der Waals surface area contributed by atoms with Crippen molar-refractivity contribution >= 4 is 27.5 Å². The van der Waals surface area contributed by atoms with Gasteiger partial charge in [0.25, 0.3) is 11.5 Å². The lowest BCUT2D eigenvalue weighted by atomic mass is 10.2. The minimum atomic E-state index is -0.156. The van der Waals surface area contributed by atoms with Crippen LogP contribution in [0.3, 0.4) is 0 Å². The number of fused-ring (bicyclic) bond motifs is 1. The molecule has 1 saturated heterocycles. The molecular weight excluding hydrogens is 300 g/mol. The molecule has 3 heterocycles. The van der Waals surface area contributed by atoms with Crippen LogP contribution < -0.4 is 5.56 Å². The maximum absolute atomic E-state index is 12.6. The van der Waals surface area contributed by atoms with Crippen molar-refractivity contribution in [1.82, 2.24) is 19.8 Å². The molecule has 2 aromatic rings. The zero-order valence-electron chi connectivity index (χ0n) is 13.1. The molecule has 0 atom stereocenters. The number of nitrogens with zero attached hydrogens (tertiary/aromatic N) is 3. The molecule has 0 spiro atoms. The number of amides is 1. The monoisotopic (exact) mass is 320 g/mol. The van der Waals surface area contributed by atoms with E-state index in [1.54, 1.807) is 0 Å². The fraction of sp³-hybridized carbons (Fsp3) is 0.533. The lowest BCUT2D eigenvalue weighted by Gasteiger charge is -2.14. The molecule has 0 aliphatic carbocycles. The highest BCUT2D eigenvalue weighted by Crippen LogP contribution is 2.29. The lowest BCUT2D eigenvalue weighted by Crippen LogP contribution is -2.27. The van der Waals surface area contributed by atoms with Crippen molar-refractivity contribution in [3.05, 3.63) is 26.6 Å². The third-order valence-corrected chi connectivity index (χ3v) is 5.08. The van der Waals surface area contributed by atoms with Crippen LogP contribution in [0.5, 0.6) is 0 Å². The molecule has 2 aromatic heterocycles. The van der Waals surface area contributed by atoms with Gasteiger partial charge in [0.15, 0.2) is 0 Å². The van der Waals surface area contributed by atoms with Gasteiger partial charge in [-0.25, -0.2) is 4.98 Å². The van der Waals surface area contributed by atoms with Gasteiger partial charge in [-0.05, 0) is 39.4 Å². The molecule has 118 valence electrons. The first-order valence-corrected chi connectivity index (χ1v) is 8.25. The Labute approximate surface area is 132 Å². The van der Waals surface area contributed by atoms with Gasteiger partial charge < -0.3 is 14.8 Å². The summed E-state index contributed by atoms with van der Waals surface area (Å²) in [4.78, 5) is 37.4. The van der Waals surface area contributed by atoms with Gasteiger partial charge in [0.1, 0.15) is 10.7 Å². The van der Waals surface area contributed by atoms with Crippen LogP contribution in [0.1, 0.15) is 33.9 Å². The van der Waals surface area contributed by atoms with Crippen LogP contribution >= 0.6 is 11.3 Å². The Morgan fingerprint density at radius 1 is 1.36 bits per heavy atom. The molecule has 0 unspecified atom stereocenters. The van der Waals surface area contributed by atoms with Crippen LogP contribution in [-0.4, -0.2) is 52.9 Å². The van der Waals surface area contributed by atoms with Crippen molar-refractivity contribution < 1.29 is 4.79 Å². The lowest BCUT2D eigenvalue weighted by molar-refractivity contribution is 0.0797. The zero-order valence-corrected chi connectivity index (χ0v) is 13.9. The Morgan fingerprint density at radius 3 is 2.68 bits per heavy atom. The maximum atomic E-state index is 12.6. The number of carbonyl (C=O) groups excluding carboxylic acids is 1. The number of H-pyrrole nitrogens is 1. The Bertz CT molecular complexity index is 772. The van der Waals surface area contributed by atoms with Crippen LogP contribution in [0.15, 0.2) is 4.79 Å². The van der Waals surface area contributed by atoms with Crippen molar-refractivity contribution in [2.24, 2.45) is 0 Å². The van der Waals surface area contributed by atoms with Crippen LogP contribution in [0.25, 0.3) is 10.2 Å². The molecule has 0 saturated carbocycles. The maximum Gasteiger partial charge on any atom is 0.264 e. The second-order valence-electron chi connectivity index (χ2n) is 5.99. The number of aromatic nitrogens is 2. The van der Waals surface area contributed by atoms with E-state index in [4.69, 9.17) is 0 Å². The van der Waals surface area contributed by atoms with E-state index in [0.29, 0.717) is 27.5 Å². The summed E-state index contributed by atoms with van der Waals surface area (Å²) in [5, 5.41) is 0.551. The standard InChI is InChI=1S/C15H20N4O2S/c1-9-11-13(20)16-10(8-18(2)3)17-14(11)22-12(9)15(21)19-6-4-5-7-19/h4-8H2,1-3H3,(H,16,17,20). The van der Waals surface area contributed by atoms with Crippen LogP contribution in [-0.2, 0) is 6.54 Å². The third kappa shape index (κ3) is 2.66. The Hall–Kier alpha value is -1.73. The van der Waals surface area contributed by atoms with Gasteiger partial charge in [0, 0.05) is 13.1 Å². The van der Waals surface area contributed by atoms with E-state index in [1.165, 1.54) is 11.3 Å². The highest BCUT2D eigenvalue weighted by atomic mass is 32.1. The summed E-state index contributed by atoms with van der Waals surface area (Å²) < 4.78 is 0. The molecule has 1 fully saturated rings. The third-order valence-electron chi connectivity index (χ3n) is 3.90. The van der Waals surface area contributed by atoms with Gasteiger partial charge in [0.2, 0.25) is 0 Å². The summed E-state index contributed by atoms with van der Waals surface area (Å²) in [5.74, 6) is 0.662. The molecule has 1 aliphatic heterocycles. The number of rotatable bonds is 3. The second-order valence-corrected chi connectivity index (χ2v) is 6.99. The van der Waals surface area contributed by atoms with Gasteiger partial charge >= 0.3 is 0 Å². The van der Waals surface area contributed by atoms with Crippen LogP contribution in [0, 0.1) is 6.92 Å². The van der Waals surface area contributed by atoms with Crippen LogP contribution in [0.4, 0.5) is 0 Å². The molecule has 0 bridgehead atoms. The average molecular weight is 320 g/mol. The van der Waals surface area contributed by atoms with E-state index < -0.39 is 0 Å². The highest BCUT2D eigenvalue weighted by Gasteiger charge is 2.25. The fourth-order valence-corrected chi connectivity index (χ4v) is 4.00. The minimum Gasteiger partial charge on any atom is -0.338 e. The quantitative estimate of drug-likeness (QED) is 0.932. The van der Waals surface area contributed by atoms with E-state index in [2.05, 4.69) is 9.97 Å². The number of nitrogens with one attached hydrogen (secondary N) is 1. The molecule has 0 radical (unpaired) electrons. The van der Waals surface area contributed by atoms with E-state index >= 15 is 0 Å². The summed E-state index contributed by atoms with van der Waals surface area (Å²) in [6.45, 7) is 4.02. The molecule has 6 nitrogen and oxygen atoms in total. The number of aryl methyl sites for hydroxylation is 1. The van der Waals surface area contributed by atoms with E-state index in [-0.39, 0.29) is 11.5 Å². The number of likely N-dealkylation sites (tertiary alicyclic amines) is 1. The smallest absolute Gasteiger partial charge is 0.264 e. The minimum absolute atomic E-state index is 0.0339. The van der Waals surface area contributed by atoms with Crippen molar-refractivity contribution in [3.63, 3.8) is 0 Å². The highest BCUT2D eigenvalue weighted by molar-refractivity contribution is 7.20. The van der Waals surface area contributed by atoms with Crippen molar-refractivity contribution in [2.75, 3.05) is 27.2 Å². The SMILES string of the molecule is Cc1c(C(=O)N2CCCC2)sc2nc(CN(C)C)[nH]c(=O)c12. The van der Waals surface area contributed by atoms with Gasteiger partial charge in [-0.2, -0.15) is 0 Å². The van der Waals surface area contributed by atoms with Gasteiger partial charge in [-0.15, -0.1) is 11.3 Å². The largest absolute Gasteiger partial charge is 0.338 e. The molecule has 3 rings (SSSR count). The summed E-state index contributed by atoms with van der Waals surface area (Å²) in [6, 6.07) is 0. The Kier molecular flexibility index (Phi) is 4.01. The molecule has 0 aromatic carbocycles. The van der Waals surface area contributed by atoms with Gasteiger partial charge in [-0.1, -0.05) is 0 Å². The first kappa shape index (κ1) is 15.2. The molecule has 7 heteroatoms. The van der Waals surface area contributed by atoms with Crippen LogP contribution in [0.2, 0.25) is 0 Å². The summed E-state index contributed by atoms with van der Waals surface area (Å²) in [6.07, 6.45) is 2.11. The van der Waals surface area contributed by atoms with E-state index in [1.807, 2.05) is 30.8 Å². The number of aromatic amines is 1. The van der Waals surface area contributed by atoms with Gasteiger partial charge in [-0.3, -0.25) is 9.59 Å². The molecule has 22 heavy (non-hydrogen) atoms. The first-order valence-electron chi connectivity index (χ1n) is 7.43. The predicted octanol–water partition coefficient (Wildman–Crippen LogP) is 1.59. The predicted molar refractivity (Wildman–Crippen MR) is 87.5 cm³/mol. The Balaban J connectivity index is 2.06. The zero-order chi connectivity index (χ0) is 15.9. The summed E-state index contributed by atoms with van der Waals surface area (Å²) in [7, 11) is 3.85. The average Bonchev–Trinajstić information content (AvgIpc) is 3.05.